The highest BCUT2D eigenvalue weighted by Crippen LogP contribution is 2.19. The molecule has 120 valence electrons. The zero-order valence-electron chi connectivity index (χ0n) is 13.2. The van der Waals surface area contributed by atoms with Crippen LogP contribution in [0.1, 0.15) is 32.3 Å². The van der Waals surface area contributed by atoms with Gasteiger partial charge < -0.3 is 4.90 Å². The number of benzene rings is 1. The Morgan fingerprint density at radius 3 is 2.45 bits per heavy atom. The first kappa shape index (κ1) is 16.5. The van der Waals surface area contributed by atoms with Crippen molar-refractivity contribution in [3.63, 3.8) is 0 Å². The summed E-state index contributed by atoms with van der Waals surface area (Å²) in [5.41, 5.74) is 3.54. The molecule has 2 amide bonds. The van der Waals surface area contributed by atoms with Gasteiger partial charge in [-0.3, -0.25) is 14.4 Å². The third-order valence-corrected chi connectivity index (χ3v) is 3.93. The van der Waals surface area contributed by atoms with Crippen molar-refractivity contribution in [3.05, 3.63) is 35.9 Å². The third kappa shape index (κ3) is 4.56. The van der Waals surface area contributed by atoms with Crippen LogP contribution in [-0.4, -0.2) is 29.8 Å². The molecule has 0 aromatic heterocycles. The van der Waals surface area contributed by atoms with Crippen molar-refractivity contribution in [2.24, 2.45) is 11.8 Å². The van der Waals surface area contributed by atoms with Crippen LogP contribution < -0.4 is 5.48 Å². The number of hydroxylamine groups is 1. The van der Waals surface area contributed by atoms with E-state index in [2.05, 4.69) is 5.48 Å². The average Bonchev–Trinajstić information content (AvgIpc) is 2.55. The van der Waals surface area contributed by atoms with Crippen LogP contribution in [0.5, 0.6) is 0 Å². The van der Waals surface area contributed by atoms with Crippen molar-refractivity contribution in [2.75, 3.05) is 13.1 Å². The van der Waals surface area contributed by atoms with E-state index in [9.17, 15) is 9.59 Å². The fourth-order valence-corrected chi connectivity index (χ4v) is 2.58. The number of likely N-dealkylation sites (tertiary alicyclic amines) is 1. The molecule has 0 bridgehead atoms. The van der Waals surface area contributed by atoms with Gasteiger partial charge in [-0.15, -0.1) is 0 Å². The minimum Gasteiger partial charge on any atom is -0.342 e. The van der Waals surface area contributed by atoms with Crippen LogP contribution in [-0.2, 0) is 21.0 Å². The molecule has 2 rings (SSSR count). The van der Waals surface area contributed by atoms with E-state index in [1.165, 1.54) is 0 Å². The number of hydrogen-bond acceptors (Lipinski definition) is 3. The largest absolute Gasteiger partial charge is 0.342 e. The molecule has 1 aliphatic heterocycles. The summed E-state index contributed by atoms with van der Waals surface area (Å²) in [6.07, 6.45) is 1.39. The van der Waals surface area contributed by atoms with Crippen LogP contribution in [0.25, 0.3) is 0 Å². The second kappa shape index (κ2) is 7.94. The fourth-order valence-electron chi connectivity index (χ4n) is 2.58. The molecule has 0 atom stereocenters. The van der Waals surface area contributed by atoms with E-state index in [-0.39, 0.29) is 23.7 Å². The number of carbonyl (C=O) groups is 2. The summed E-state index contributed by atoms with van der Waals surface area (Å²) < 4.78 is 0. The molecule has 1 fully saturated rings. The maximum Gasteiger partial charge on any atom is 0.246 e. The SMILES string of the molecule is CC(C)C(=O)N1CCC(C(=O)NOCc2ccccc2)CC1. The Bertz CT molecular complexity index is 494. The van der Waals surface area contributed by atoms with Crippen LogP contribution in [0.3, 0.4) is 0 Å². The standard InChI is InChI=1S/C17H24N2O3/c1-13(2)17(21)19-10-8-15(9-11-19)16(20)18-22-12-14-6-4-3-5-7-14/h3-7,13,15H,8-12H2,1-2H3,(H,18,20). The van der Waals surface area contributed by atoms with E-state index in [4.69, 9.17) is 4.84 Å². The smallest absolute Gasteiger partial charge is 0.246 e. The first-order valence-corrected chi connectivity index (χ1v) is 7.82. The quantitative estimate of drug-likeness (QED) is 0.848. The normalized spacial score (nSPS) is 15.9. The van der Waals surface area contributed by atoms with Crippen LogP contribution in [0.4, 0.5) is 0 Å². The van der Waals surface area contributed by atoms with Crippen LogP contribution in [0, 0.1) is 11.8 Å². The molecule has 0 radical (unpaired) electrons. The number of rotatable bonds is 5. The van der Waals surface area contributed by atoms with Gasteiger partial charge in [0.1, 0.15) is 0 Å². The van der Waals surface area contributed by atoms with Crippen molar-refractivity contribution in [1.82, 2.24) is 10.4 Å². The Labute approximate surface area is 131 Å². The van der Waals surface area contributed by atoms with E-state index >= 15 is 0 Å². The molecular weight excluding hydrogens is 280 g/mol. The summed E-state index contributed by atoms with van der Waals surface area (Å²) in [5, 5.41) is 0. The molecule has 1 N–H and O–H groups in total. The maximum absolute atomic E-state index is 12.1. The summed E-state index contributed by atoms with van der Waals surface area (Å²) in [4.78, 5) is 31.1. The Hall–Kier alpha value is -1.88. The van der Waals surface area contributed by atoms with E-state index in [1.54, 1.807) is 0 Å². The molecule has 0 spiro atoms. The molecule has 1 aliphatic rings. The zero-order chi connectivity index (χ0) is 15.9. The number of amides is 2. The van der Waals surface area contributed by atoms with Gasteiger partial charge in [0.25, 0.3) is 0 Å². The van der Waals surface area contributed by atoms with E-state index in [0.717, 1.165) is 5.56 Å². The van der Waals surface area contributed by atoms with Crippen LogP contribution in [0.2, 0.25) is 0 Å². The Balaban J connectivity index is 1.70. The second-order valence-electron chi connectivity index (χ2n) is 5.99. The van der Waals surface area contributed by atoms with Gasteiger partial charge in [-0.2, -0.15) is 0 Å². The molecule has 0 saturated carbocycles. The fraction of sp³-hybridized carbons (Fsp3) is 0.529. The molecule has 5 heteroatoms. The average molecular weight is 304 g/mol. The number of carbonyl (C=O) groups excluding carboxylic acids is 2. The van der Waals surface area contributed by atoms with Gasteiger partial charge in [-0.05, 0) is 18.4 Å². The minimum absolute atomic E-state index is 0.0135. The van der Waals surface area contributed by atoms with Gasteiger partial charge in [-0.25, -0.2) is 5.48 Å². The predicted molar refractivity (Wildman–Crippen MR) is 83.5 cm³/mol. The van der Waals surface area contributed by atoms with Gasteiger partial charge in [-0.1, -0.05) is 44.2 Å². The van der Waals surface area contributed by atoms with E-state index < -0.39 is 0 Å². The van der Waals surface area contributed by atoms with Gasteiger partial charge in [0.2, 0.25) is 11.8 Å². The van der Waals surface area contributed by atoms with Crippen molar-refractivity contribution in [1.29, 1.82) is 0 Å². The lowest BCUT2D eigenvalue weighted by molar-refractivity contribution is -0.144. The number of nitrogens with one attached hydrogen (secondary N) is 1. The monoisotopic (exact) mass is 304 g/mol. The molecule has 5 nitrogen and oxygen atoms in total. The Morgan fingerprint density at radius 1 is 1.23 bits per heavy atom. The van der Waals surface area contributed by atoms with E-state index in [0.29, 0.717) is 32.5 Å². The highest BCUT2D eigenvalue weighted by molar-refractivity contribution is 5.80. The third-order valence-electron chi connectivity index (χ3n) is 3.93. The summed E-state index contributed by atoms with van der Waals surface area (Å²) in [6, 6.07) is 9.70. The van der Waals surface area contributed by atoms with Crippen molar-refractivity contribution in [2.45, 2.75) is 33.3 Å². The molecular formula is C17H24N2O3. The van der Waals surface area contributed by atoms with Gasteiger partial charge in [0.15, 0.2) is 0 Å². The van der Waals surface area contributed by atoms with Crippen LogP contribution >= 0.6 is 0 Å². The molecule has 1 aromatic carbocycles. The molecule has 1 saturated heterocycles. The predicted octanol–water partition coefficient (Wildman–Crippen LogP) is 2.13. The Morgan fingerprint density at radius 2 is 1.86 bits per heavy atom. The molecule has 1 heterocycles. The van der Waals surface area contributed by atoms with E-state index in [1.807, 2.05) is 49.1 Å². The van der Waals surface area contributed by atoms with Crippen molar-refractivity contribution < 1.29 is 14.4 Å². The topological polar surface area (TPSA) is 58.6 Å². The molecule has 0 aliphatic carbocycles. The number of nitrogens with zero attached hydrogens (tertiary/aromatic N) is 1. The highest BCUT2D eigenvalue weighted by atomic mass is 16.6. The summed E-state index contributed by atoms with van der Waals surface area (Å²) in [5.74, 6) is 0.0123. The first-order chi connectivity index (χ1) is 10.6. The van der Waals surface area contributed by atoms with Crippen molar-refractivity contribution in [3.8, 4) is 0 Å². The lowest BCUT2D eigenvalue weighted by atomic mass is 9.95. The maximum atomic E-state index is 12.1. The van der Waals surface area contributed by atoms with Gasteiger partial charge in [0, 0.05) is 24.9 Å². The summed E-state index contributed by atoms with van der Waals surface area (Å²) in [7, 11) is 0. The number of hydrogen-bond donors (Lipinski definition) is 1. The van der Waals surface area contributed by atoms with Gasteiger partial charge >= 0.3 is 0 Å². The van der Waals surface area contributed by atoms with Gasteiger partial charge in [0.05, 0.1) is 6.61 Å². The summed E-state index contributed by atoms with van der Waals surface area (Å²) in [6.45, 7) is 5.45. The Kier molecular flexibility index (Phi) is 5.95. The van der Waals surface area contributed by atoms with Crippen molar-refractivity contribution >= 4 is 11.8 Å². The highest BCUT2D eigenvalue weighted by Gasteiger charge is 2.28. The number of piperidine rings is 1. The first-order valence-electron chi connectivity index (χ1n) is 7.82. The summed E-state index contributed by atoms with van der Waals surface area (Å²) >= 11 is 0. The molecule has 1 aromatic rings. The molecule has 0 unspecified atom stereocenters. The lowest BCUT2D eigenvalue weighted by Crippen LogP contribution is -2.44. The minimum atomic E-state index is -0.0902. The second-order valence-corrected chi connectivity index (χ2v) is 5.99. The molecule has 22 heavy (non-hydrogen) atoms. The van der Waals surface area contributed by atoms with Crippen LogP contribution in [0.15, 0.2) is 30.3 Å². The lowest BCUT2D eigenvalue weighted by Gasteiger charge is -2.32. The zero-order valence-corrected chi connectivity index (χ0v) is 13.2.